The van der Waals surface area contributed by atoms with Crippen LogP contribution in [0.25, 0.3) is 6.08 Å². The lowest BCUT2D eigenvalue weighted by Gasteiger charge is -2.53. The predicted molar refractivity (Wildman–Crippen MR) is 126 cm³/mol. The minimum atomic E-state index is -0.971. The number of nitrogens with zero attached hydrogens (tertiary/aromatic N) is 3. The number of benzene rings is 1. The van der Waals surface area contributed by atoms with Crippen LogP contribution in [0.15, 0.2) is 42.1 Å². The van der Waals surface area contributed by atoms with Crippen molar-refractivity contribution in [3.05, 3.63) is 53.2 Å². The molecule has 1 aromatic carbocycles. The summed E-state index contributed by atoms with van der Waals surface area (Å²) in [4.78, 5) is 11.3. The fourth-order valence-electron chi connectivity index (χ4n) is 5.41. The Kier molecular flexibility index (Phi) is 7.11. The van der Waals surface area contributed by atoms with E-state index < -0.39 is 5.60 Å². The van der Waals surface area contributed by atoms with Crippen molar-refractivity contribution in [2.75, 3.05) is 32.8 Å². The van der Waals surface area contributed by atoms with E-state index in [1.54, 1.807) is 6.20 Å². The van der Waals surface area contributed by atoms with Gasteiger partial charge in [-0.05, 0) is 39.2 Å². The third-order valence-electron chi connectivity index (χ3n) is 6.71. The zero-order valence-electron chi connectivity index (χ0n) is 19.5. The Morgan fingerprint density at radius 3 is 2.47 bits per heavy atom. The van der Waals surface area contributed by atoms with Gasteiger partial charge in [-0.3, -0.25) is 4.90 Å². The summed E-state index contributed by atoms with van der Waals surface area (Å²) in [6, 6.07) is 10.7. The molecule has 6 nitrogen and oxygen atoms in total. The summed E-state index contributed by atoms with van der Waals surface area (Å²) < 4.78 is 11.3. The third-order valence-corrected chi connectivity index (χ3v) is 6.71. The molecule has 6 heteroatoms. The van der Waals surface area contributed by atoms with Crippen LogP contribution in [0.1, 0.15) is 51.2 Å². The van der Waals surface area contributed by atoms with Gasteiger partial charge in [0, 0.05) is 37.7 Å². The van der Waals surface area contributed by atoms with Crippen LogP contribution in [0.4, 0.5) is 0 Å². The topological polar surface area (TPSA) is 67.7 Å². The van der Waals surface area contributed by atoms with Gasteiger partial charge in [-0.2, -0.15) is 4.98 Å². The number of hydrogen-bond acceptors (Lipinski definition) is 6. The highest BCUT2D eigenvalue weighted by Gasteiger charge is 2.53. The minimum Gasteiger partial charge on any atom is -0.478 e. The Bertz CT molecular complexity index is 917. The number of rotatable bonds is 8. The van der Waals surface area contributed by atoms with E-state index in [9.17, 15) is 5.11 Å². The highest BCUT2D eigenvalue weighted by Crippen LogP contribution is 2.51. The van der Waals surface area contributed by atoms with Gasteiger partial charge in [-0.1, -0.05) is 48.4 Å². The zero-order chi connectivity index (χ0) is 22.6. The number of aliphatic hydroxyl groups is 1. The highest BCUT2D eigenvalue weighted by molar-refractivity contribution is 5.52. The first kappa shape index (κ1) is 22.7. The molecule has 3 atom stereocenters. The second-order valence-corrected chi connectivity index (χ2v) is 8.98. The van der Waals surface area contributed by atoms with Gasteiger partial charge in [-0.25, -0.2) is 4.98 Å². The standard InChI is InChI=1S/C26H35N3O3/c1-4-31-24-23(15-27-25(28-24)32-5-2)26(30)21-12-9-13-22(26)18-29(17-21)16-19(3)14-20-10-7-6-8-11-20/h6-8,10-11,14-15,21-22,30H,4-5,9,12-13,16-18H2,1-3H3/b19-14+/t21-,22+,26?. The molecular formula is C26H35N3O3. The summed E-state index contributed by atoms with van der Waals surface area (Å²) in [6.07, 6.45) is 7.11. The van der Waals surface area contributed by atoms with Crippen molar-refractivity contribution >= 4 is 6.08 Å². The molecule has 1 unspecified atom stereocenters. The van der Waals surface area contributed by atoms with Crippen LogP contribution in [-0.2, 0) is 5.60 Å². The molecule has 2 aromatic rings. The van der Waals surface area contributed by atoms with E-state index in [4.69, 9.17) is 9.47 Å². The maximum absolute atomic E-state index is 12.1. The van der Waals surface area contributed by atoms with Gasteiger partial charge in [-0.15, -0.1) is 0 Å². The van der Waals surface area contributed by atoms with E-state index in [0.717, 1.165) is 38.9 Å². The van der Waals surface area contributed by atoms with Crippen molar-refractivity contribution in [3.63, 3.8) is 0 Å². The van der Waals surface area contributed by atoms with Crippen molar-refractivity contribution in [2.45, 2.75) is 45.6 Å². The normalized spacial score (nSPS) is 26.1. The molecule has 0 amide bonds. The molecule has 2 heterocycles. The van der Waals surface area contributed by atoms with Gasteiger partial charge < -0.3 is 14.6 Å². The highest BCUT2D eigenvalue weighted by atomic mass is 16.5. The molecule has 0 radical (unpaired) electrons. The minimum absolute atomic E-state index is 0.125. The van der Waals surface area contributed by atoms with Gasteiger partial charge in [0.05, 0.1) is 18.8 Å². The fourth-order valence-corrected chi connectivity index (χ4v) is 5.41. The van der Waals surface area contributed by atoms with E-state index in [2.05, 4.69) is 52.1 Å². The monoisotopic (exact) mass is 437 g/mol. The third kappa shape index (κ3) is 4.66. The van der Waals surface area contributed by atoms with E-state index >= 15 is 0 Å². The molecule has 2 aliphatic rings. The molecule has 2 bridgehead atoms. The predicted octanol–water partition coefficient (Wildman–Crippen LogP) is 4.30. The van der Waals surface area contributed by atoms with Crippen LogP contribution in [0.3, 0.4) is 0 Å². The molecule has 1 aliphatic carbocycles. The van der Waals surface area contributed by atoms with E-state index in [1.807, 2.05) is 19.9 Å². The van der Waals surface area contributed by atoms with Crippen LogP contribution in [0, 0.1) is 11.8 Å². The fraction of sp³-hybridized carbons (Fsp3) is 0.538. The number of piperidine rings is 1. The summed E-state index contributed by atoms with van der Waals surface area (Å²) in [5.74, 6) is 0.708. The average Bonchev–Trinajstić information content (AvgIpc) is 2.76. The summed E-state index contributed by atoms with van der Waals surface area (Å²) in [6.45, 7) is 9.62. The SMILES string of the molecule is CCOc1ncc(C2(O)[C@@H]3CCC[C@H]2CN(C/C(C)=C/c2ccccc2)C3)c(OCC)n1. The Morgan fingerprint density at radius 1 is 1.12 bits per heavy atom. The van der Waals surface area contributed by atoms with E-state index in [1.165, 1.54) is 11.1 Å². The molecule has 32 heavy (non-hydrogen) atoms. The Morgan fingerprint density at radius 2 is 1.81 bits per heavy atom. The quantitative estimate of drug-likeness (QED) is 0.664. The maximum Gasteiger partial charge on any atom is 0.319 e. The number of aromatic nitrogens is 2. The molecule has 1 saturated heterocycles. The molecule has 0 spiro atoms. The average molecular weight is 438 g/mol. The van der Waals surface area contributed by atoms with Gasteiger partial charge >= 0.3 is 6.01 Å². The molecule has 1 aromatic heterocycles. The Labute approximate surface area is 191 Å². The van der Waals surface area contributed by atoms with Crippen molar-refractivity contribution in [3.8, 4) is 11.9 Å². The van der Waals surface area contributed by atoms with Gasteiger partial charge in [0.25, 0.3) is 0 Å². The van der Waals surface area contributed by atoms with Gasteiger partial charge in [0.1, 0.15) is 5.60 Å². The largest absolute Gasteiger partial charge is 0.478 e. The molecule has 1 saturated carbocycles. The van der Waals surface area contributed by atoms with E-state index in [0.29, 0.717) is 30.7 Å². The lowest BCUT2D eigenvalue weighted by molar-refractivity contribution is -0.147. The lowest BCUT2D eigenvalue weighted by atomic mass is 9.63. The number of likely N-dealkylation sites (tertiary alicyclic amines) is 1. The molecular weight excluding hydrogens is 402 g/mol. The zero-order valence-corrected chi connectivity index (χ0v) is 19.5. The van der Waals surface area contributed by atoms with Crippen molar-refractivity contribution in [2.24, 2.45) is 11.8 Å². The molecule has 4 rings (SSSR count). The van der Waals surface area contributed by atoms with Crippen LogP contribution in [0.2, 0.25) is 0 Å². The molecule has 2 fully saturated rings. The van der Waals surface area contributed by atoms with Crippen LogP contribution in [0.5, 0.6) is 11.9 Å². The summed E-state index contributed by atoms with van der Waals surface area (Å²) in [7, 11) is 0. The molecule has 1 N–H and O–H groups in total. The van der Waals surface area contributed by atoms with Crippen molar-refractivity contribution in [1.29, 1.82) is 0 Å². The summed E-state index contributed by atoms with van der Waals surface area (Å²) >= 11 is 0. The van der Waals surface area contributed by atoms with Crippen LogP contribution >= 0.6 is 0 Å². The Balaban J connectivity index is 1.56. The number of fused-ring (bicyclic) bond motifs is 2. The first-order chi connectivity index (χ1) is 15.5. The second-order valence-electron chi connectivity index (χ2n) is 8.98. The lowest BCUT2D eigenvalue weighted by Crippen LogP contribution is -2.58. The maximum atomic E-state index is 12.1. The van der Waals surface area contributed by atoms with Crippen molar-refractivity contribution < 1.29 is 14.6 Å². The number of ether oxygens (including phenoxy) is 2. The molecule has 172 valence electrons. The Hall–Kier alpha value is -2.44. The summed E-state index contributed by atoms with van der Waals surface area (Å²) in [5.41, 5.74) is 2.31. The van der Waals surface area contributed by atoms with Crippen LogP contribution < -0.4 is 9.47 Å². The van der Waals surface area contributed by atoms with E-state index in [-0.39, 0.29) is 11.8 Å². The summed E-state index contributed by atoms with van der Waals surface area (Å²) in [5, 5.41) is 12.1. The molecule has 1 aliphatic heterocycles. The van der Waals surface area contributed by atoms with Gasteiger partial charge in [0.2, 0.25) is 5.88 Å². The second kappa shape index (κ2) is 10.0. The van der Waals surface area contributed by atoms with Crippen LogP contribution in [-0.4, -0.2) is 52.8 Å². The smallest absolute Gasteiger partial charge is 0.319 e. The van der Waals surface area contributed by atoms with Crippen molar-refractivity contribution in [1.82, 2.24) is 14.9 Å². The first-order valence-electron chi connectivity index (χ1n) is 11.8. The van der Waals surface area contributed by atoms with Gasteiger partial charge in [0.15, 0.2) is 0 Å². The number of hydrogen-bond donors (Lipinski definition) is 1. The first-order valence-corrected chi connectivity index (χ1v) is 11.8.